The van der Waals surface area contributed by atoms with Crippen molar-refractivity contribution in [3.05, 3.63) is 48.0 Å². The number of methoxy groups -OCH3 is 1. The third-order valence-electron chi connectivity index (χ3n) is 3.20. The van der Waals surface area contributed by atoms with Gasteiger partial charge in [-0.3, -0.25) is 4.79 Å². The van der Waals surface area contributed by atoms with Gasteiger partial charge in [0.15, 0.2) is 0 Å². The highest BCUT2D eigenvalue weighted by Gasteiger charge is 2.18. The van der Waals surface area contributed by atoms with Crippen LogP contribution in [0.1, 0.15) is 30.9 Å². The average molecular weight is 289 g/mol. The molecule has 1 aromatic rings. The van der Waals surface area contributed by atoms with Crippen LogP contribution in [-0.4, -0.2) is 29.6 Å². The number of nitrogens with zero attached hydrogens (tertiary/aromatic N) is 1. The number of carbonyl (C=O) groups is 1. The van der Waals surface area contributed by atoms with Gasteiger partial charge < -0.3 is 19.5 Å². The molecule has 0 atom stereocenters. The van der Waals surface area contributed by atoms with Crippen LogP contribution < -0.4 is 0 Å². The molecule has 0 aliphatic carbocycles. The predicted octanol–water partition coefficient (Wildman–Crippen LogP) is 2.79. The molecule has 0 spiro atoms. The Bertz CT molecular complexity index is 590. The largest absolute Gasteiger partial charge is 0.508 e. The van der Waals surface area contributed by atoms with Crippen molar-refractivity contribution in [2.24, 2.45) is 0 Å². The molecule has 112 valence electrons. The van der Waals surface area contributed by atoms with Gasteiger partial charge in [0.2, 0.25) is 0 Å². The summed E-state index contributed by atoms with van der Waals surface area (Å²) in [5, 5.41) is 10.1. The van der Waals surface area contributed by atoms with E-state index in [0.717, 1.165) is 11.1 Å². The van der Waals surface area contributed by atoms with Crippen molar-refractivity contribution in [3.8, 4) is 5.75 Å². The first-order valence-corrected chi connectivity index (χ1v) is 6.73. The van der Waals surface area contributed by atoms with Crippen LogP contribution in [-0.2, 0) is 14.3 Å². The lowest BCUT2D eigenvalue weighted by molar-refractivity contribution is -0.140. The van der Waals surface area contributed by atoms with E-state index >= 15 is 0 Å². The topological polar surface area (TPSA) is 59.0 Å². The van der Waals surface area contributed by atoms with E-state index in [-0.39, 0.29) is 24.2 Å². The van der Waals surface area contributed by atoms with Crippen LogP contribution in [0, 0.1) is 0 Å². The number of hydrogen-bond acceptors (Lipinski definition) is 5. The number of phenols is 1. The third kappa shape index (κ3) is 3.37. The van der Waals surface area contributed by atoms with Crippen molar-refractivity contribution < 1.29 is 19.4 Å². The summed E-state index contributed by atoms with van der Waals surface area (Å²) < 4.78 is 10.2. The van der Waals surface area contributed by atoms with Crippen molar-refractivity contribution in [2.45, 2.75) is 19.8 Å². The van der Waals surface area contributed by atoms with Crippen LogP contribution in [0.2, 0.25) is 0 Å². The van der Waals surface area contributed by atoms with Crippen LogP contribution in [0.15, 0.2) is 36.9 Å². The lowest BCUT2D eigenvalue weighted by atomic mass is 9.95. The Balaban J connectivity index is 2.34. The number of ether oxygens (including phenoxy) is 2. The fourth-order valence-electron chi connectivity index (χ4n) is 2.23. The lowest BCUT2D eigenvalue weighted by Crippen LogP contribution is -2.23. The molecule has 0 bridgehead atoms. The zero-order chi connectivity index (χ0) is 15.4. The molecule has 0 saturated carbocycles. The minimum absolute atomic E-state index is 0.107. The van der Waals surface area contributed by atoms with Crippen molar-refractivity contribution in [3.63, 3.8) is 0 Å². The number of carbonyl (C=O) groups excluding carboxylic acids is 1. The molecule has 0 unspecified atom stereocenters. The summed E-state index contributed by atoms with van der Waals surface area (Å²) in [6, 6.07) is 5.31. The first-order valence-electron chi connectivity index (χ1n) is 6.73. The average Bonchev–Trinajstić information content (AvgIpc) is 2.46. The molecular formula is C16H19NO4. The summed E-state index contributed by atoms with van der Waals surface area (Å²) in [7, 11) is 1.35. The molecule has 0 radical (unpaired) electrons. The minimum Gasteiger partial charge on any atom is -0.508 e. The number of rotatable bonds is 4. The fraction of sp³-hybridized carbons (Fsp3) is 0.312. The first-order chi connectivity index (χ1) is 10.0. The maximum Gasteiger partial charge on any atom is 0.325 e. The second-order valence-corrected chi connectivity index (χ2v) is 5.04. The van der Waals surface area contributed by atoms with E-state index in [4.69, 9.17) is 4.74 Å². The molecule has 0 aromatic heterocycles. The molecule has 21 heavy (non-hydrogen) atoms. The van der Waals surface area contributed by atoms with Crippen LogP contribution >= 0.6 is 0 Å². The summed E-state index contributed by atoms with van der Waals surface area (Å²) in [5.74, 6) is 0.630. The Morgan fingerprint density at radius 2 is 2.19 bits per heavy atom. The predicted molar refractivity (Wildman–Crippen MR) is 79.1 cm³/mol. The number of esters is 1. The van der Waals surface area contributed by atoms with Gasteiger partial charge in [-0.2, -0.15) is 0 Å². The van der Waals surface area contributed by atoms with Gasteiger partial charge in [0, 0.05) is 23.5 Å². The zero-order valence-corrected chi connectivity index (χ0v) is 12.4. The number of benzene rings is 1. The smallest absolute Gasteiger partial charge is 0.325 e. The molecule has 2 rings (SSSR count). The van der Waals surface area contributed by atoms with Crippen molar-refractivity contribution in [1.82, 2.24) is 4.90 Å². The number of phenolic OH excluding ortho intramolecular Hbond substituents is 1. The minimum atomic E-state index is -0.336. The normalized spacial score (nSPS) is 13.9. The van der Waals surface area contributed by atoms with Crippen LogP contribution in [0.5, 0.6) is 5.75 Å². The highest BCUT2D eigenvalue weighted by atomic mass is 16.5. The standard InChI is InChI=1S/C16H19NO4/c1-11(2)16-12(5-4-6-13(16)18)14-9-17(7-8-21-14)10-15(19)20-3/h4-9,11,18H,10H2,1-3H3. The van der Waals surface area contributed by atoms with E-state index in [1.54, 1.807) is 29.4 Å². The first kappa shape index (κ1) is 15.0. The summed E-state index contributed by atoms with van der Waals surface area (Å²) in [6.07, 6.45) is 4.88. The molecule has 5 nitrogen and oxygen atoms in total. The summed E-state index contributed by atoms with van der Waals surface area (Å²) in [6.45, 7) is 4.11. The molecule has 1 aromatic carbocycles. The lowest BCUT2D eigenvalue weighted by Gasteiger charge is -2.22. The second-order valence-electron chi connectivity index (χ2n) is 5.04. The van der Waals surface area contributed by atoms with E-state index in [2.05, 4.69) is 4.74 Å². The maximum absolute atomic E-state index is 11.3. The van der Waals surface area contributed by atoms with Crippen LogP contribution in [0.3, 0.4) is 0 Å². The third-order valence-corrected chi connectivity index (χ3v) is 3.20. The Hall–Kier alpha value is -2.43. The van der Waals surface area contributed by atoms with E-state index in [9.17, 15) is 9.90 Å². The molecular weight excluding hydrogens is 270 g/mol. The number of hydrogen-bond donors (Lipinski definition) is 1. The monoisotopic (exact) mass is 289 g/mol. The van der Waals surface area contributed by atoms with Gasteiger partial charge in [-0.15, -0.1) is 0 Å². The van der Waals surface area contributed by atoms with Gasteiger partial charge in [-0.25, -0.2) is 0 Å². The molecule has 1 aliphatic heterocycles. The molecule has 1 N–H and O–H groups in total. The van der Waals surface area contributed by atoms with E-state index in [1.807, 2.05) is 19.9 Å². The SMILES string of the molecule is COC(=O)CN1C=COC(c2cccc(O)c2C(C)C)=C1. The number of aromatic hydroxyl groups is 1. The summed E-state index contributed by atoms with van der Waals surface area (Å²) in [4.78, 5) is 13.0. The Kier molecular flexibility index (Phi) is 4.52. The van der Waals surface area contributed by atoms with Crippen LogP contribution in [0.25, 0.3) is 5.76 Å². The zero-order valence-electron chi connectivity index (χ0n) is 12.4. The van der Waals surface area contributed by atoms with E-state index in [1.165, 1.54) is 13.4 Å². The fourth-order valence-corrected chi connectivity index (χ4v) is 2.23. The molecule has 1 aliphatic rings. The quantitative estimate of drug-likeness (QED) is 0.864. The van der Waals surface area contributed by atoms with E-state index in [0.29, 0.717) is 5.76 Å². The van der Waals surface area contributed by atoms with Crippen molar-refractivity contribution in [2.75, 3.05) is 13.7 Å². The molecule has 0 saturated heterocycles. The molecule has 1 heterocycles. The molecule has 0 amide bonds. The molecule has 5 heteroatoms. The van der Waals surface area contributed by atoms with Gasteiger partial charge in [0.05, 0.1) is 7.11 Å². The van der Waals surface area contributed by atoms with Crippen molar-refractivity contribution in [1.29, 1.82) is 0 Å². The highest BCUT2D eigenvalue weighted by Crippen LogP contribution is 2.34. The summed E-state index contributed by atoms with van der Waals surface area (Å²) in [5.41, 5.74) is 1.63. The van der Waals surface area contributed by atoms with Gasteiger partial charge >= 0.3 is 5.97 Å². The molecule has 0 fully saturated rings. The van der Waals surface area contributed by atoms with E-state index < -0.39 is 0 Å². The summed E-state index contributed by atoms with van der Waals surface area (Å²) >= 11 is 0. The Labute approximate surface area is 124 Å². The van der Waals surface area contributed by atoms with Crippen molar-refractivity contribution >= 4 is 11.7 Å². The highest BCUT2D eigenvalue weighted by molar-refractivity contribution is 5.73. The second kappa shape index (κ2) is 6.35. The maximum atomic E-state index is 11.3. The Morgan fingerprint density at radius 1 is 1.43 bits per heavy atom. The van der Waals surface area contributed by atoms with Gasteiger partial charge in [0.1, 0.15) is 24.3 Å². The van der Waals surface area contributed by atoms with Gasteiger partial charge in [-0.05, 0) is 12.0 Å². The Morgan fingerprint density at radius 3 is 2.86 bits per heavy atom. The van der Waals surface area contributed by atoms with Gasteiger partial charge in [-0.1, -0.05) is 26.0 Å². The van der Waals surface area contributed by atoms with Gasteiger partial charge in [0.25, 0.3) is 0 Å². The van der Waals surface area contributed by atoms with Crippen LogP contribution in [0.4, 0.5) is 0 Å².